The molecule has 29 heavy (non-hydrogen) atoms. The van der Waals surface area contributed by atoms with Gasteiger partial charge in [-0.1, -0.05) is 49.1 Å². The first-order valence-electron chi connectivity index (χ1n) is 8.70. The number of ether oxygens (including phenoxy) is 2. The zero-order valence-electron chi connectivity index (χ0n) is 15.7. The number of nitrogens with zero attached hydrogens (tertiary/aromatic N) is 2. The first kappa shape index (κ1) is 20.6. The first-order chi connectivity index (χ1) is 14.2. The van der Waals surface area contributed by atoms with Crippen molar-refractivity contribution in [1.82, 2.24) is 4.98 Å². The molecular formula is C22H18N2O3S2. The van der Waals surface area contributed by atoms with Crippen molar-refractivity contribution in [2.24, 2.45) is 0 Å². The second kappa shape index (κ2) is 9.92. The third-order valence-corrected chi connectivity index (χ3v) is 5.60. The van der Waals surface area contributed by atoms with E-state index >= 15 is 0 Å². The SMILES string of the molecule is C=CCOC(=O)C(Oc1nc(-c2cccs2)cc(SC)c1C#N)c1ccccc1. The molecule has 1 unspecified atom stereocenters. The average molecular weight is 423 g/mol. The summed E-state index contributed by atoms with van der Waals surface area (Å²) in [4.78, 5) is 18.9. The largest absolute Gasteiger partial charge is 0.458 e. The number of benzene rings is 1. The number of carbonyl (C=O) groups is 1. The predicted octanol–water partition coefficient (Wildman–Crippen LogP) is 5.25. The van der Waals surface area contributed by atoms with Crippen molar-refractivity contribution in [2.75, 3.05) is 12.9 Å². The summed E-state index contributed by atoms with van der Waals surface area (Å²) in [6.07, 6.45) is 2.32. The van der Waals surface area contributed by atoms with Crippen LogP contribution in [0, 0.1) is 11.3 Å². The fourth-order valence-electron chi connectivity index (χ4n) is 2.61. The van der Waals surface area contributed by atoms with E-state index in [1.807, 2.05) is 35.9 Å². The number of hydrogen-bond acceptors (Lipinski definition) is 7. The number of rotatable bonds is 8. The molecule has 0 amide bonds. The van der Waals surface area contributed by atoms with Crippen LogP contribution in [0.25, 0.3) is 10.6 Å². The van der Waals surface area contributed by atoms with Crippen molar-refractivity contribution < 1.29 is 14.3 Å². The van der Waals surface area contributed by atoms with Crippen LogP contribution in [0.3, 0.4) is 0 Å². The van der Waals surface area contributed by atoms with Gasteiger partial charge in [0.25, 0.3) is 0 Å². The van der Waals surface area contributed by atoms with Gasteiger partial charge in [-0.15, -0.1) is 23.1 Å². The van der Waals surface area contributed by atoms with E-state index in [0.29, 0.717) is 11.3 Å². The Labute approximate surface area is 177 Å². The molecule has 3 aromatic rings. The maximum absolute atomic E-state index is 12.7. The predicted molar refractivity (Wildman–Crippen MR) is 115 cm³/mol. The molecule has 0 fully saturated rings. The normalized spacial score (nSPS) is 11.3. The van der Waals surface area contributed by atoms with Crippen LogP contribution in [0.1, 0.15) is 17.2 Å². The highest BCUT2D eigenvalue weighted by Crippen LogP contribution is 2.35. The summed E-state index contributed by atoms with van der Waals surface area (Å²) < 4.78 is 11.2. The minimum atomic E-state index is -1.05. The number of aromatic nitrogens is 1. The number of hydrogen-bond donors (Lipinski definition) is 0. The van der Waals surface area contributed by atoms with Gasteiger partial charge in [0.05, 0.1) is 10.6 Å². The Morgan fingerprint density at radius 1 is 1.34 bits per heavy atom. The van der Waals surface area contributed by atoms with Crippen LogP contribution in [-0.4, -0.2) is 23.8 Å². The summed E-state index contributed by atoms with van der Waals surface area (Å²) in [5.74, 6) is -0.471. The third kappa shape index (κ3) is 4.86. The van der Waals surface area contributed by atoms with E-state index in [9.17, 15) is 10.1 Å². The molecule has 0 spiro atoms. The Morgan fingerprint density at radius 2 is 2.14 bits per heavy atom. The summed E-state index contributed by atoms with van der Waals surface area (Å²) in [7, 11) is 0. The topological polar surface area (TPSA) is 72.2 Å². The number of thiophene rings is 1. The lowest BCUT2D eigenvalue weighted by atomic mass is 10.1. The molecule has 0 aliphatic heterocycles. The highest BCUT2D eigenvalue weighted by atomic mass is 32.2. The van der Waals surface area contributed by atoms with Gasteiger partial charge in [-0.2, -0.15) is 5.26 Å². The van der Waals surface area contributed by atoms with E-state index in [2.05, 4.69) is 17.6 Å². The van der Waals surface area contributed by atoms with Gasteiger partial charge in [-0.05, 0) is 23.8 Å². The van der Waals surface area contributed by atoms with Crippen LogP contribution in [0.2, 0.25) is 0 Å². The molecule has 0 saturated heterocycles. The Hall–Kier alpha value is -3.08. The van der Waals surface area contributed by atoms with Gasteiger partial charge < -0.3 is 9.47 Å². The molecule has 1 aromatic carbocycles. The van der Waals surface area contributed by atoms with Crippen LogP contribution < -0.4 is 4.74 Å². The molecule has 0 saturated carbocycles. The Kier molecular flexibility index (Phi) is 7.06. The second-order valence-corrected chi connectivity index (χ2v) is 7.60. The molecule has 0 bridgehead atoms. The van der Waals surface area contributed by atoms with Crippen molar-refractivity contribution in [3.05, 3.63) is 77.7 Å². The first-order valence-corrected chi connectivity index (χ1v) is 10.8. The zero-order valence-corrected chi connectivity index (χ0v) is 17.3. The summed E-state index contributed by atoms with van der Waals surface area (Å²) in [5, 5.41) is 11.7. The van der Waals surface area contributed by atoms with Crippen molar-refractivity contribution in [3.8, 4) is 22.5 Å². The molecule has 0 aliphatic rings. The average Bonchev–Trinajstić information content (AvgIpc) is 3.30. The Bertz CT molecular complexity index is 1030. The van der Waals surface area contributed by atoms with E-state index in [4.69, 9.17) is 9.47 Å². The summed E-state index contributed by atoms with van der Waals surface area (Å²) in [5.41, 5.74) is 1.58. The van der Waals surface area contributed by atoms with Crippen LogP contribution >= 0.6 is 23.1 Å². The lowest BCUT2D eigenvalue weighted by Gasteiger charge is -2.19. The lowest BCUT2D eigenvalue weighted by Crippen LogP contribution is -2.22. The number of pyridine rings is 1. The van der Waals surface area contributed by atoms with Crippen LogP contribution in [0.15, 0.2) is 71.5 Å². The maximum atomic E-state index is 12.7. The quantitative estimate of drug-likeness (QED) is 0.280. The molecule has 2 heterocycles. The fraction of sp³-hybridized carbons (Fsp3) is 0.136. The molecular weight excluding hydrogens is 404 g/mol. The second-order valence-electron chi connectivity index (χ2n) is 5.81. The van der Waals surface area contributed by atoms with Gasteiger partial charge >= 0.3 is 5.97 Å². The minimum absolute atomic E-state index is 0.0648. The number of carbonyl (C=O) groups excluding carboxylic acids is 1. The molecule has 2 aromatic heterocycles. The van der Waals surface area contributed by atoms with E-state index in [-0.39, 0.29) is 18.1 Å². The van der Waals surface area contributed by atoms with Crippen LogP contribution in [-0.2, 0) is 9.53 Å². The summed E-state index contributed by atoms with van der Waals surface area (Å²) in [6.45, 7) is 3.63. The van der Waals surface area contributed by atoms with Gasteiger partial charge in [0.1, 0.15) is 18.2 Å². The zero-order chi connectivity index (χ0) is 20.6. The van der Waals surface area contributed by atoms with Crippen molar-refractivity contribution in [1.29, 1.82) is 5.26 Å². The molecule has 146 valence electrons. The Morgan fingerprint density at radius 3 is 2.76 bits per heavy atom. The van der Waals surface area contributed by atoms with Gasteiger partial charge in [0.15, 0.2) is 0 Å². The van der Waals surface area contributed by atoms with Gasteiger partial charge in [0, 0.05) is 10.5 Å². The standard InChI is InChI=1S/C22H18N2O3S2/c1-3-11-26-22(25)20(15-8-5-4-6-9-15)27-21-16(14-23)19(28-2)13-17(24-21)18-10-7-12-29-18/h3-10,12-13,20H,1,11H2,2H3. The summed E-state index contributed by atoms with van der Waals surface area (Å²) in [6, 6.07) is 16.9. The molecule has 0 aliphatic carbocycles. The molecule has 1 atom stereocenters. The number of nitriles is 1. The van der Waals surface area contributed by atoms with Gasteiger partial charge in [-0.3, -0.25) is 0 Å². The number of thioether (sulfide) groups is 1. The van der Waals surface area contributed by atoms with E-state index < -0.39 is 12.1 Å². The fourth-order valence-corrected chi connectivity index (χ4v) is 3.86. The molecule has 5 nitrogen and oxygen atoms in total. The third-order valence-electron chi connectivity index (χ3n) is 3.94. The van der Waals surface area contributed by atoms with E-state index in [1.54, 1.807) is 24.3 Å². The maximum Gasteiger partial charge on any atom is 0.352 e. The van der Waals surface area contributed by atoms with Crippen LogP contribution in [0.5, 0.6) is 5.88 Å². The molecule has 0 radical (unpaired) electrons. The van der Waals surface area contributed by atoms with Crippen LogP contribution in [0.4, 0.5) is 0 Å². The number of esters is 1. The smallest absolute Gasteiger partial charge is 0.352 e. The van der Waals surface area contributed by atoms with E-state index in [0.717, 1.165) is 9.77 Å². The lowest BCUT2D eigenvalue weighted by molar-refractivity contribution is -0.151. The van der Waals surface area contributed by atoms with Crippen molar-refractivity contribution in [2.45, 2.75) is 11.0 Å². The Balaban J connectivity index is 2.06. The summed E-state index contributed by atoms with van der Waals surface area (Å²) >= 11 is 2.96. The highest BCUT2D eigenvalue weighted by Gasteiger charge is 2.27. The highest BCUT2D eigenvalue weighted by molar-refractivity contribution is 7.98. The van der Waals surface area contributed by atoms with Gasteiger partial charge in [0.2, 0.25) is 12.0 Å². The van der Waals surface area contributed by atoms with Gasteiger partial charge in [-0.25, -0.2) is 9.78 Å². The molecule has 3 rings (SSSR count). The molecule has 7 heteroatoms. The minimum Gasteiger partial charge on any atom is -0.458 e. The monoisotopic (exact) mass is 422 g/mol. The van der Waals surface area contributed by atoms with Crippen molar-refractivity contribution >= 4 is 29.1 Å². The van der Waals surface area contributed by atoms with Crippen molar-refractivity contribution in [3.63, 3.8) is 0 Å². The van der Waals surface area contributed by atoms with E-state index in [1.165, 1.54) is 29.2 Å². The molecule has 0 N–H and O–H groups in total.